The monoisotopic (exact) mass is 354 g/mol. The molecule has 0 bridgehead atoms. The molecular formula is C20H22N2O4. The number of imide groups is 1. The standard InChI is InChI=1S/C20H22N2O4/c21-15-8-9-18(14(12-15)13-23)26-11-5-1-4-10-22-19(24)16-6-2-3-7-17(16)20(22)25/h2-3,6-9,12,23H,1,4-5,10-11,13,21H2. The van der Waals surface area contributed by atoms with Crippen LogP contribution in [0.2, 0.25) is 0 Å². The van der Waals surface area contributed by atoms with E-state index >= 15 is 0 Å². The number of rotatable bonds is 8. The highest BCUT2D eigenvalue weighted by atomic mass is 16.5. The maximum absolute atomic E-state index is 12.3. The van der Waals surface area contributed by atoms with Crippen molar-refractivity contribution in [3.8, 4) is 5.75 Å². The number of nitrogens with two attached hydrogens (primary N) is 1. The van der Waals surface area contributed by atoms with Gasteiger partial charge in [0.25, 0.3) is 11.8 Å². The van der Waals surface area contributed by atoms with E-state index in [0.717, 1.165) is 19.3 Å². The zero-order valence-electron chi connectivity index (χ0n) is 14.5. The average Bonchev–Trinajstić information content (AvgIpc) is 2.90. The molecule has 2 aromatic rings. The normalized spacial score (nSPS) is 13.2. The van der Waals surface area contributed by atoms with Crippen LogP contribution in [-0.2, 0) is 6.61 Å². The fourth-order valence-electron chi connectivity index (χ4n) is 3.04. The Labute approximate surface area is 152 Å². The summed E-state index contributed by atoms with van der Waals surface area (Å²) < 4.78 is 5.68. The van der Waals surface area contributed by atoms with Crippen LogP contribution in [0.15, 0.2) is 42.5 Å². The molecule has 0 aromatic heterocycles. The lowest BCUT2D eigenvalue weighted by molar-refractivity contribution is 0.0651. The van der Waals surface area contributed by atoms with E-state index in [1.807, 2.05) is 0 Å². The van der Waals surface area contributed by atoms with Gasteiger partial charge in [0, 0.05) is 17.8 Å². The van der Waals surface area contributed by atoms with Crippen molar-refractivity contribution in [3.05, 3.63) is 59.2 Å². The van der Waals surface area contributed by atoms with Crippen LogP contribution in [0.4, 0.5) is 5.69 Å². The molecule has 0 fully saturated rings. The molecule has 1 heterocycles. The highest BCUT2D eigenvalue weighted by Gasteiger charge is 2.34. The molecule has 0 radical (unpaired) electrons. The van der Waals surface area contributed by atoms with Gasteiger partial charge >= 0.3 is 0 Å². The van der Waals surface area contributed by atoms with E-state index in [4.69, 9.17) is 10.5 Å². The number of aliphatic hydroxyl groups excluding tert-OH is 1. The summed E-state index contributed by atoms with van der Waals surface area (Å²) in [6.45, 7) is 0.787. The number of anilines is 1. The molecule has 0 saturated heterocycles. The van der Waals surface area contributed by atoms with Gasteiger partial charge in [0.15, 0.2) is 0 Å². The van der Waals surface area contributed by atoms with Gasteiger partial charge in [-0.05, 0) is 49.6 Å². The van der Waals surface area contributed by atoms with E-state index in [-0.39, 0.29) is 18.4 Å². The summed E-state index contributed by atoms with van der Waals surface area (Å²) in [6.07, 6.45) is 2.35. The first-order chi connectivity index (χ1) is 12.6. The molecule has 0 unspecified atom stereocenters. The fourth-order valence-corrected chi connectivity index (χ4v) is 3.04. The van der Waals surface area contributed by atoms with Crippen molar-refractivity contribution in [2.75, 3.05) is 18.9 Å². The Morgan fingerprint density at radius 2 is 1.65 bits per heavy atom. The molecule has 0 atom stereocenters. The minimum Gasteiger partial charge on any atom is -0.493 e. The van der Waals surface area contributed by atoms with Crippen LogP contribution in [0.5, 0.6) is 5.75 Å². The number of benzene rings is 2. The maximum Gasteiger partial charge on any atom is 0.261 e. The lowest BCUT2D eigenvalue weighted by Gasteiger charge is -2.14. The SMILES string of the molecule is Nc1ccc(OCCCCCN2C(=O)c3ccccc3C2=O)c(CO)c1. The molecule has 3 rings (SSSR count). The van der Waals surface area contributed by atoms with Crippen molar-refractivity contribution < 1.29 is 19.4 Å². The third-order valence-electron chi connectivity index (χ3n) is 4.42. The van der Waals surface area contributed by atoms with Crippen molar-refractivity contribution in [1.29, 1.82) is 0 Å². The Morgan fingerprint density at radius 1 is 0.962 bits per heavy atom. The van der Waals surface area contributed by atoms with Crippen molar-refractivity contribution in [1.82, 2.24) is 4.90 Å². The van der Waals surface area contributed by atoms with Gasteiger partial charge in [0.2, 0.25) is 0 Å². The minimum absolute atomic E-state index is 0.125. The summed E-state index contributed by atoms with van der Waals surface area (Å²) >= 11 is 0. The molecule has 1 aliphatic heterocycles. The lowest BCUT2D eigenvalue weighted by atomic mass is 10.1. The number of carbonyl (C=O) groups excluding carboxylic acids is 2. The van der Waals surface area contributed by atoms with Crippen LogP contribution in [0.3, 0.4) is 0 Å². The van der Waals surface area contributed by atoms with Crippen molar-refractivity contribution in [2.24, 2.45) is 0 Å². The molecule has 3 N–H and O–H groups in total. The van der Waals surface area contributed by atoms with Gasteiger partial charge in [0.1, 0.15) is 5.75 Å². The Hall–Kier alpha value is -2.86. The molecule has 2 amide bonds. The summed E-state index contributed by atoms with van der Waals surface area (Å²) in [5, 5.41) is 9.32. The molecule has 6 nitrogen and oxygen atoms in total. The van der Waals surface area contributed by atoms with Gasteiger partial charge in [-0.15, -0.1) is 0 Å². The van der Waals surface area contributed by atoms with Gasteiger partial charge < -0.3 is 15.6 Å². The molecule has 0 spiro atoms. The molecule has 1 aliphatic rings. The molecular weight excluding hydrogens is 332 g/mol. The molecule has 0 saturated carbocycles. The Morgan fingerprint density at radius 3 is 2.31 bits per heavy atom. The first-order valence-electron chi connectivity index (χ1n) is 8.69. The van der Waals surface area contributed by atoms with Gasteiger partial charge in [-0.2, -0.15) is 0 Å². The predicted molar refractivity (Wildman–Crippen MR) is 97.9 cm³/mol. The van der Waals surface area contributed by atoms with Crippen LogP contribution in [0, 0.1) is 0 Å². The number of carbonyl (C=O) groups is 2. The number of nitrogen functional groups attached to an aromatic ring is 1. The van der Waals surface area contributed by atoms with E-state index in [0.29, 0.717) is 41.3 Å². The second-order valence-corrected chi connectivity index (χ2v) is 6.24. The maximum atomic E-state index is 12.3. The number of fused-ring (bicyclic) bond motifs is 1. The number of nitrogens with zero attached hydrogens (tertiary/aromatic N) is 1. The zero-order chi connectivity index (χ0) is 18.5. The largest absolute Gasteiger partial charge is 0.493 e. The first-order valence-corrected chi connectivity index (χ1v) is 8.69. The topological polar surface area (TPSA) is 92.9 Å². The van der Waals surface area contributed by atoms with Crippen LogP contribution >= 0.6 is 0 Å². The smallest absolute Gasteiger partial charge is 0.261 e. The van der Waals surface area contributed by atoms with Gasteiger partial charge in [-0.3, -0.25) is 14.5 Å². The van der Waals surface area contributed by atoms with Gasteiger partial charge in [0.05, 0.1) is 24.3 Å². The van der Waals surface area contributed by atoms with E-state index < -0.39 is 0 Å². The lowest BCUT2D eigenvalue weighted by Crippen LogP contribution is -2.30. The summed E-state index contributed by atoms with van der Waals surface area (Å²) in [4.78, 5) is 25.8. The number of ether oxygens (including phenoxy) is 1. The van der Waals surface area contributed by atoms with Crippen molar-refractivity contribution in [2.45, 2.75) is 25.9 Å². The first kappa shape index (κ1) is 17.9. The summed E-state index contributed by atoms with van der Waals surface area (Å²) in [5.74, 6) is 0.203. The number of hydrogen-bond donors (Lipinski definition) is 2. The molecule has 26 heavy (non-hydrogen) atoms. The molecule has 136 valence electrons. The van der Waals surface area contributed by atoms with E-state index in [1.54, 1.807) is 42.5 Å². The van der Waals surface area contributed by atoms with Crippen molar-refractivity contribution >= 4 is 17.5 Å². The number of hydrogen-bond acceptors (Lipinski definition) is 5. The zero-order valence-corrected chi connectivity index (χ0v) is 14.5. The Balaban J connectivity index is 1.42. The van der Waals surface area contributed by atoms with Gasteiger partial charge in [-0.1, -0.05) is 12.1 Å². The van der Waals surface area contributed by atoms with Crippen LogP contribution in [0.1, 0.15) is 45.5 Å². The van der Waals surface area contributed by atoms with E-state index in [2.05, 4.69) is 0 Å². The Bertz CT molecular complexity index is 784. The number of unbranched alkanes of at least 4 members (excludes halogenated alkanes) is 2. The fraction of sp³-hybridized carbons (Fsp3) is 0.300. The van der Waals surface area contributed by atoms with E-state index in [1.165, 1.54) is 4.90 Å². The van der Waals surface area contributed by atoms with E-state index in [9.17, 15) is 14.7 Å². The molecule has 2 aromatic carbocycles. The third kappa shape index (κ3) is 3.70. The summed E-state index contributed by atoms with van der Waals surface area (Å²) in [7, 11) is 0. The second kappa shape index (κ2) is 8.01. The molecule has 0 aliphatic carbocycles. The van der Waals surface area contributed by atoms with Crippen molar-refractivity contribution in [3.63, 3.8) is 0 Å². The average molecular weight is 354 g/mol. The highest BCUT2D eigenvalue weighted by molar-refractivity contribution is 6.21. The minimum atomic E-state index is -0.212. The number of amides is 2. The van der Waals surface area contributed by atoms with Gasteiger partial charge in [-0.25, -0.2) is 0 Å². The number of aliphatic hydroxyl groups is 1. The molecule has 6 heteroatoms. The second-order valence-electron chi connectivity index (χ2n) is 6.24. The highest BCUT2D eigenvalue weighted by Crippen LogP contribution is 2.23. The summed E-state index contributed by atoms with van der Waals surface area (Å²) in [5.41, 5.74) is 7.91. The Kier molecular flexibility index (Phi) is 5.53. The van der Waals surface area contributed by atoms with Crippen LogP contribution in [-0.4, -0.2) is 35.0 Å². The third-order valence-corrected chi connectivity index (χ3v) is 4.42. The van der Waals surface area contributed by atoms with Crippen LogP contribution < -0.4 is 10.5 Å². The quantitative estimate of drug-likeness (QED) is 0.432. The predicted octanol–water partition coefficient (Wildman–Crippen LogP) is 2.61. The summed E-state index contributed by atoms with van der Waals surface area (Å²) in [6, 6.07) is 12.1. The van der Waals surface area contributed by atoms with Crippen LogP contribution in [0.25, 0.3) is 0 Å².